The van der Waals surface area contributed by atoms with Crippen LogP contribution in [0.2, 0.25) is 0 Å². The van der Waals surface area contributed by atoms with E-state index < -0.39 is 0 Å². The Morgan fingerprint density at radius 1 is 1.50 bits per heavy atom. The third-order valence-corrected chi connectivity index (χ3v) is 2.82. The second kappa shape index (κ2) is 4.72. The molecule has 0 amide bonds. The fourth-order valence-electron chi connectivity index (χ4n) is 1.94. The molecule has 1 saturated heterocycles. The van der Waals surface area contributed by atoms with Crippen molar-refractivity contribution in [2.24, 2.45) is 0 Å². The maximum atomic E-state index is 9.91. The minimum absolute atomic E-state index is 0.0710. The SMILES string of the molecule is COc1cc(O)c(C2CNCCO2)cc1C. The van der Waals surface area contributed by atoms with Crippen molar-refractivity contribution < 1.29 is 14.6 Å². The maximum absolute atomic E-state index is 9.91. The number of nitrogens with one attached hydrogen (secondary N) is 1. The van der Waals surface area contributed by atoms with E-state index in [1.807, 2.05) is 13.0 Å². The normalized spacial score (nSPS) is 20.8. The lowest BCUT2D eigenvalue weighted by Crippen LogP contribution is -2.33. The molecule has 1 aliphatic rings. The molecule has 4 heteroatoms. The van der Waals surface area contributed by atoms with Gasteiger partial charge in [-0.3, -0.25) is 0 Å². The van der Waals surface area contributed by atoms with Gasteiger partial charge in [0.1, 0.15) is 11.5 Å². The Kier molecular flexibility index (Phi) is 3.31. The molecule has 1 aromatic carbocycles. The third kappa shape index (κ3) is 2.13. The van der Waals surface area contributed by atoms with Gasteiger partial charge in [0.15, 0.2) is 0 Å². The highest BCUT2D eigenvalue weighted by atomic mass is 16.5. The van der Waals surface area contributed by atoms with E-state index in [4.69, 9.17) is 9.47 Å². The smallest absolute Gasteiger partial charge is 0.125 e. The van der Waals surface area contributed by atoms with Crippen molar-refractivity contribution in [2.75, 3.05) is 26.8 Å². The van der Waals surface area contributed by atoms with Crippen molar-refractivity contribution in [3.05, 3.63) is 23.3 Å². The fourth-order valence-corrected chi connectivity index (χ4v) is 1.94. The van der Waals surface area contributed by atoms with Gasteiger partial charge in [0.2, 0.25) is 0 Å². The molecule has 0 bridgehead atoms. The summed E-state index contributed by atoms with van der Waals surface area (Å²) < 4.78 is 10.8. The summed E-state index contributed by atoms with van der Waals surface area (Å²) in [5, 5.41) is 13.2. The summed E-state index contributed by atoms with van der Waals surface area (Å²) in [7, 11) is 1.60. The average molecular weight is 223 g/mol. The number of rotatable bonds is 2. The molecule has 2 N–H and O–H groups in total. The number of phenolic OH excluding ortho intramolecular Hbond substituents is 1. The second-order valence-corrected chi connectivity index (χ2v) is 3.94. The highest BCUT2D eigenvalue weighted by Crippen LogP contribution is 2.33. The van der Waals surface area contributed by atoms with Crippen LogP contribution in [0.1, 0.15) is 17.2 Å². The summed E-state index contributed by atoms with van der Waals surface area (Å²) in [6.45, 7) is 4.24. The van der Waals surface area contributed by atoms with Gasteiger partial charge in [0, 0.05) is 24.7 Å². The van der Waals surface area contributed by atoms with Crippen LogP contribution in [0.25, 0.3) is 0 Å². The number of ether oxygens (including phenoxy) is 2. The largest absolute Gasteiger partial charge is 0.507 e. The molecule has 1 atom stereocenters. The van der Waals surface area contributed by atoms with Gasteiger partial charge in [0.25, 0.3) is 0 Å². The second-order valence-electron chi connectivity index (χ2n) is 3.94. The lowest BCUT2D eigenvalue weighted by Gasteiger charge is -2.25. The standard InChI is InChI=1S/C12H17NO3/c1-8-5-9(10(14)6-11(8)15-2)12-7-13-3-4-16-12/h5-6,12-14H,3-4,7H2,1-2H3. The highest BCUT2D eigenvalue weighted by molar-refractivity contribution is 5.46. The molecule has 1 unspecified atom stereocenters. The van der Waals surface area contributed by atoms with E-state index in [2.05, 4.69) is 5.32 Å². The minimum atomic E-state index is -0.0710. The van der Waals surface area contributed by atoms with Crippen LogP contribution >= 0.6 is 0 Å². The van der Waals surface area contributed by atoms with E-state index in [9.17, 15) is 5.11 Å². The number of benzene rings is 1. The van der Waals surface area contributed by atoms with Crippen molar-refractivity contribution in [3.63, 3.8) is 0 Å². The van der Waals surface area contributed by atoms with Crippen LogP contribution < -0.4 is 10.1 Å². The zero-order chi connectivity index (χ0) is 11.5. The van der Waals surface area contributed by atoms with Crippen LogP contribution in [0.15, 0.2) is 12.1 Å². The molecule has 2 rings (SSSR count). The van der Waals surface area contributed by atoms with Crippen LogP contribution in [0.5, 0.6) is 11.5 Å². The first-order chi connectivity index (χ1) is 7.72. The van der Waals surface area contributed by atoms with Crippen LogP contribution in [0.3, 0.4) is 0 Å². The molecule has 0 spiro atoms. The molecule has 4 nitrogen and oxygen atoms in total. The number of morpholine rings is 1. The fraction of sp³-hybridized carbons (Fsp3) is 0.500. The molecule has 0 radical (unpaired) electrons. The van der Waals surface area contributed by atoms with Crippen molar-refractivity contribution >= 4 is 0 Å². The molecular weight excluding hydrogens is 206 g/mol. The van der Waals surface area contributed by atoms with Crippen LogP contribution in [0.4, 0.5) is 0 Å². The van der Waals surface area contributed by atoms with Crippen LogP contribution in [-0.2, 0) is 4.74 Å². The maximum Gasteiger partial charge on any atom is 0.125 e. The summed E-state index contributed by atoms with van der Waals surface area (Å²) in [6.07, 6.45) is -0.0710. The average Bonchev–Trinajstić information content (AvgIpc) is 2.32. The van der Waals surface area contributed by atoms with Gasteiger partial charge in [-0.2, -0.15) is 0 Å². The Labute approximate surface area is 95.2 Å². The van der Waals surface area contributed by atoms with Gasteiger partial charge in [-0.25, -0.2) is 0 Å². The van der Waals surface area contributed by atoms with Gasteiger partial charge in [0.05, 0.1) is 19.8 Å². The van der Waals surface area contributed by atoms with Gasteiger partial charge in [-0.1, -0.05) is 0 Å². The zero-order valence-corrected chi connectivity index (χ0v) is 9.62. The molecular formula is C12H17NO3. The summed E-state index contributed by atoms with van der Waals surface area (Å²) in [6, 6.07) is 3.56. The van der Waals surface area contributed by atoms with E-state index in [0.717, 1.165) is 24.2 Å². The van der Waals surface area contributed by atoms with E-state index in [1.165, 1.54) is 0 Å². The van der Waals surface area contributed by atoms with E-state index in [0.29, 0.717) is 12.4 Å². The summed E-state index contributed by atoms with van der Waals surface area (Å²) in [5.74, 6) is 0.932. The number of aryl methyl sites for hydroxylation is 1. The monoisotopic (exact) mass is 223 g/mol. The third-order valence-electron chi connectivity index (χ3n) is 2.82. The lowest BCUT2D eigenvalue weighted by atomic mass is 10.0. The predicted molar refractivity (Wildman–Crippen MR) is 61.0 cm³/mol. The molecule has 1 aromatic rings. The topological polar surface area (TPSA) is 50.7 Å². The Bertz CT molecular complexity index is 373. The minimum Gasteiger partial charge on any atom is -0.507 e. The Hall–Kier alpha value is -1.26. The van der Waals surface area contributed by atoms with Gasteiger partial charge in [-0.15, -0.1) is 0 Å². The summed E-state index contributed by atoms with van der Waals surface area (Å²) in [5.41, 5.74) is 1.83. The number of aromatic hydroxyl groups is 1. The highest BCUT2D eigenvalue weighted by Gasteiger charge is 2.20. The van der Waals surface area contributed by atoms with Crippen LogP contribution in [0, 0.1) is 6.92 Å². The zero-order valence-electron chi connectivity index (χ0n) is 9.62. The molecule has 0 saturated carbocycles. The summed E-state index contributed by atoms with van der Waals surface area (Å²) >= 11 is 0. The number of hydrogen-bond donors (Lipinski definition) is 2. The van der Waals surface area contributed by atoms with Crippen LogP contribution in [-0.4, -0.2) is 31.9 Å². The number of methoxy groups -OCH3 is 1. The predicted octanol–water partition coefficient (Wildman–Crippen LogP) is 1.37. The first-order valence-corrected chi connectivity index (χ1v) is 5.42. The lowest BCUT2D eigenvalue weighted by molar-refractivity contribution is 0.0262. The Morgan fingerprint density at radius 2 is 2.31 bits per heavy atom. The first kappa shape index (κ1) is 11.2. The first-order valence-electron chi connectivity index (χ1n) is 5.42. The Balaban J connectivity index is 2.29. The van der Waals surface area contributed by atoms with Gasteiger partial charge in [-0.05, 0) is 18.6 Å². The van der Waals surface area contributed by atoms with E-state index >= 15 is 0 Å². The van der Waals surface area contributed by atoms with Crippen molar-refractivity contribution in [1.29, 1.82) is 0 Å². The number of hydrogen-bond acceptors (Lipinski definition) is 4. The van der Waals surface area contributed by atoms with Crippen molar-refractivity contribution in [1.82, 2.24) is 5.32 Å². The summed E-state index contributed by atoms with van der Waals surface area (Å²) in [4.78, 5) is 0. The molecule has 1 heterocycles. The van der Waals surface area contributed by atoms with Gasteiger partial charge < -0.3 is 19.9 Å². The van der Waals surface area contributed by atoms with E-state index in [1.54, 1.807) is 13.2 Å². The molecule has 0 aromatic heterocycles. The molecule has 16 heavy (non-hydrogen) atoms. The van der Waals surface area contributed by atoms with Crippen molar-refractivity contribution in [3.8, 4) is 11.5 Å². The molecule has 0 aliphatic carbocycles. The number of phenols is 1. The van der Waals surface area contributed by atoms with E-state index in [-0.39, 0.29) is 11.9 Å². The molecule has 1 aliphatic heterocycles. The molecule has 88 valence electrons. The Morgan fingerprint density at radius 3 is 2.94 bits per heavy atom. The molecule has 1 fully saturated rings. The van der Waals surface area contributed by atoms with Gasteiger partial charge >= 0.3 is 0 Å². The van der Waals surface area contributed by atoms with Crippen molar-refractivity contribution in [2.45, 2.75) is 13.0 Å². The quantitative estimate of drug-likeness (QED) is 0.795.